The molecule has 5 nitrogen and oxygen atoms in total. The van der Waals surface area contributed by atoms with Crippen molar-refractivity contribution in [2.75, 3.05) is 11.1 Å². The van der Waals surface area contributed by atoms with Crippen LogP contribution >= 0.6 is 0 Å². The van der Waals surface area contributed by atoms with Gasteiger partial charge in [0.05, 0.1) is 6.20 Å². The number of nitrogens with one attached hydrogen (secondary N) is 1. The maximum atomic E-state index is 5.84. The summed E-state index contributed by atoms with van der Waals surface area (Å²) in [5, 5.41) is 3.51. The molecule has 3 rings (SSSR count). The number of imidazole rings is 1. The van der Waals surface area contributed by atoms with E-state index in [4.69, 9.17) is 5.73 Å². The van der Waals surface area contributed by atoms with Gasteiger partial charge >= 0.3 is 0 Å². The summed E-state index contributed by atoms with van der Waals surface area (Å²) in [7, 11) is 0. The highest BCUT2D eigenvalue weighted by Crippen LogP contribution is 2.28. The third-order valence-electron chi connectivity index (χ3n) is 4.11. The number of nitrogens with two attached hydrogens (primary N) is 1. The maximum Gasteiger partial charge on any atom is 0.180 e. The minimum Gasteiger partial charge on any atom is -0.382 e. The molecular formula is C14H21N5. The molecule has 1 saturated carbocycles. The summed E-state index contributed by atoms with van der Waals surface area (Å²) < 4.78 is 1.91. The largest absolute Gasteiger partial charge is 0.382 e. The third kappa shape index (κ3) is 2.50. The molecule has 1 atom stereocenters. The van der Waals surface area contributed by atoms with Crippen molar-refractivity contribution >= 4 is 17.3 Å². The third-order valence-corrected chi connectivity index (χ3v) is 4.11. The van der Waals surface area contributed by atoms with Crippen LogP contribution in [0.3, 0.4) is 0 Å². The highest BCUT2D eigenvalue weighted by Gasteiger charge is 2.21. The van der Waals surface area contributed by atoms with E-state index in [2.05, 4.69) is 22.2 Å². The highest BCUT2D eigenvalue weighted by atomic mass is 15.1. The van der Waals surface area contributed by atoms with Gasteiger partial charge < -0.3 is 15.5 Å². The summed E-state index contributed by atoms with van der Waals surface area (Å²) in [6.45, 7) is 2.24. The average molecular weight is 259 g/mol. The normalized spacial score (nSPS) is 18.6. The molecule has 2 aromatic rings. The van der Waals surface area contributed by atoms with Crippen molar-refractivity contribution < 1.29 is 0 Å². The Morgan fingerprint density at radius 1 is 1.37 bits per heavy atom. The van der Waals surface area contributed by atoms with E-state index in [1.54, 1.807) is 12.4 Å². The van der Waals surface area contributed by atoms with Crippen molar-refractivity contribution in [3.63, 3.8) is 0 Å². The van der Waals surface area contributed by atoms with E-state index < -0.39 is 0 Å². The van der Waals surface area contributed by atoms with Crippen LogP contribution in [0.4, 0.5) is 11.6 Å². The molecule has 3 N–H and O–H groups in total. The Morgan fingerprint density at radius 2 is 2.16 bits per heavy atom. The molecule has 0 saturated heterocycles. The van der Waals surface area contributed by atoms with Gasteiger partial charge in [-0.1, -0.05) is 19.3 Å². The van der Waals surface area contributed by atoms with E-state index in [-0.39, 0.29) is 0 Å². The van der Waals surface area contributed by atoms with Crippen LogP contribution in [-0.2, 0) is 0 Å². The summed E-state index contributed by atoms with van der Waals surface area (Å²) in [6, 6.07) is 0.412. The lowest BCUT2D eigenvalue weighted by Gasteiger charge is -2.28. The molecule has 0 radical (unpaired) electrons. The Hall–Kier alpha value is -1.78. The maximum absolute atomic E-state index is 5.84. The first-order valence-electron chi connectivity index (χ1n) is 7.10. The lowest BCUT2D eigenvalue weighted by Crippen LogP contribution is -2.28. The topological polar surface area (TPSA) is 68.2 Å². The molecule has 0 aromatic carbocycles. The van der Waals surface area contributed by atoms with Crippen LogP contribution < -0.4 is 11.1 Å². The number of hydrogen-bond acceptors (Lipinski definition) is 4. The molecule has 0 spiro atoms. The van der Waals surface area contributed by atoms with Gasteiger partial charge in [0.15, 0.2) is 11.5 Å². The molecule has 1 aliphatic carbocycles. The van der Waals surface area contributed by atoms with Crippen LogP contribution in [0.25, 0.3) is 5.65 Å². The van der Waals surface area contributed by atoms with Gasteiger partial charge in [0.2, 0.25) is 0 Å². The molecule has 2 heterocycles. The van der Waals surface area contributed by atoms with Gasteiger partial charge in [0.1, 0.15) is 5.82 Å². The Morgan fingerprint density at radius 3 is 2.95 bits per heavy atom. The number of nitrogens with zero attached hydrogens (tertiary/aromatic N) is 3. The molecule has 5 heteroatoms. The van der Waals surface area contributed by atoms with Crippen LogP contribution in [0.1, 0.15) is 39.0 Å². The van der Waals surface area contributed by atoms with E-state index in [1.807, 2.05) is 10.6 Å². The fourth-order valence-electron chi connectivity index (χ4n) is 3.02. The van der Waals surface area contributed by atoms with Crippen LogP contribution in [-0.4, -0.2) is 20.4 Å². The Labute approximate surface area is 113 Å². The molecular weight excluding hydrogens is 238 g/mol. The van der Waals surface area contributed by atoms with E-state index >= 15 is 0 Å². The van der Waals surface area contributed by atoms with Gasteiger partial charge in [-0.25, -0.2) is 9.97 Å². The lowest BCUT2D eigenvalue weighted by atomic mass is 9.84. The molecule has 102 valence electrons. The number of hydrogen-bond donors (Lipinski definition) is 2. The first-order chi connectivity index (χ1) is 9.24. The minimum absolute atomic E-state index is 0.412. The second-order valence-corrected chi connectivity index (χ2v) is 5.50. The molecule has 0 amide bonds. The summed E-state index contributed by atoms with van der Waals surface area (Å²) in [6.07, 6.45) is 12.1. The first kappa shape index (κ1) is 12.3. The van der Waals surface area contributed by atoms with Gasteiger partial charge in [-0.05, 0) is 25.7 Å². The summed E-state index contributed by atoms with van der Waals surface area (Å²) in [4.78, 5) is 8.73. The summed E-state index contributed by atoms with van der Waals surface area (Å²) >= 11 is 0. The van der Waals surface area contributed by atoms with Crippen LogP contribution in [0.2, 0.25) is 0 Å². The molecule has 1 unspecified atom stereocenters. The van der Waals surface area contributed by atoms with Crippen LogP contribution in [0, 0.1) is 5.92 Å². The second kappa shape index (κ2) is 5.07. The fraction of sp³-hybridized carbons (Fsp3) is 0.571. The number of rotatable bonds is 3. The number of nitrogen functional groups attached to an aromatic ring is 1. The van der Waals surface area contributed by atoms with Crippen molar-refractivity contribution in [3.8, 4) is 0 Å². The summed E-state index contributed by atoms with van der Waals surface area (Å²) in [5.74, 6) is 2.04. The quantitative estimate of drug-likeness (QED) is 0.889. The SMILES string of the molecule is CC(Nc1nc(N)cn2ccnc12)C1CCCCC1. The first-order valence-corrected chi connectivity index (χ1v) is 7.10. The van der Waals surface area contributed by atoms with Gasteiger partial charge in [0, 0.05) is 18.4 Å². The standard InChI is InChI=1S/C14H21N5/c1-10(11-5-3-2-4-6-11)17-13-14-16-7-8-19(14)9-12(15)18-13/h7-11H,2-6,15H2,1H3,(H,17,18). The molecule has 1 fully saturated rings. The van der Waals surface area contributed by atoms with Gasteiger partial charge in [-0.15, -0.1) is 0 Å². The van der Waals surface area contributed by atoms with Crippen molar-refractivity contribution in [1.29, 1.82) is 0 Å². The lowest BCUT2D eigenvalue weighted by molar-refractivity contribution is 0.328. The van der Waals surface area contributed by atoms with Crippen molar-refractivity contribution in [2.45, 2.75) is 45.1 Å². The van der Waals surface area contributed by atoms with E-state index in [1.165, 1.54) is 32.1 Å². The van der Waals surface area contributed by atoms with Gasteiger partial charge in [-0.2, -0.15) is 0 Å². The minimum atomic E-state index is 0.412. The van der Waals surface area contributed by atoms with Crippen LogP contribution in [0.5, 0.6) is 0 Å². The Bertz CT molecular complexity index is 556. The van der Waals surface area contributed by atoms with Crippen molar-refractivity contribution in [2.24, 2.45) is 5.92 Å². The smallest absolute Gasteiger partial charge is 0.180 e. The number of fused-ring (bicyclic) bond motifs is 1. The highest BCUT2D eigenvalue weighted by molar-refractivity contribution is 5.65. The van der Waals surface area contributed by atoms with E-state index in [9.17, 15) is 0 Å². The monoisotopic (exact) mass is 259 g/mol. The predicted octanol–water partition coefficient (Wildman–Crippen LogP) is 2.69. The molecule has 0 bridgehead atoms. The Kier molecular flexibility index (Phi) is 3.27. The fourth-order valence-corrected chi connectivity index (χ4v) is 3.02. The molecule has 1 aliphatic rings. The van der Waals surface area contributed by atoms with Crippen molar-refractivity contribution in [3.05, 3.63) is 18.6 Å². The predicted molar refractivity (Wildman–Crippen MR) is 77.1 cm³/mol. The molecule has 19 heavy (non-hydrogen) atoms. The zero-order chi connectivity index (χ0) is 13.2. The summed E-state index contributed by atoms with van der Waals surface area (Å²) in [5.41, 5.74) is 6.68. The van der Waals surface area contributed by atoms with Gasteiger partial charge in [0.25, 0.3) is 0 Å². The van der Waals surface area contributed by atoms with Gasteiger partial charge in [-0.3, -0.25) is 0 Å². The Balaban J connectivity index is 1.82. The second-order valence-electron chi connectivity index (χ2n) is 5.50. The molecule has 2 aromatic heterocycles. The van der Waals surface area contributed by atoms with Crippen molar-refractivity contribution in [1.82, 2.24) is 14.4 Å². The van der Waals surface area contributed by atoms with E-state index in [0.717, 1.165) is 17.4 Å². The zero-order valence-corrected chi connectivity index (χ0v) is 11.3. The van der Waals surface area contributed by atoms with Crippen LogP contribution in [0.15, 0.2) is 18.6 Å². The number of aromatic nitrogens is 3. The van der Waals surface area contributed by atoms with E-state index in [0.29, 0.717) is 11.9 Å². The zero-order valence-electron chi connectivity index (χ0n) is 11.3. The number of anilines is 2. The average Bonchev–Trinajstić information content (AvgIpc) is 2.88. The molecule has 0 aliphatic heterocycles.